The third-order valence-corrected chi connectivity index (χ3v) is 6.88. The molecule has 5 rings (SSSR count). The number of para-hydroxylation sites is 1. The summed E-state index contributed by atoms with van der Waals surface area (Å²) in [6.07, 6.45) is 0. The first-order chi connectivity index (χ1) is 9.42. The second-order valence-corrected chi connectivity index (χ2v) is 7.72. The zero-order valence-electron chi connectivity index (χ0n) is 9.83. The molecular weight excluding hydrogens is 319 g/mol. The molecule has 0 amide bonds. The molecule has 3 heterocycles. The maximum absolute atomic E-state index is 4.87. The molecule has 2 nitrogen and oxygen atoms in total. The summed E-state index contributed by atoms with van der Waals surface area (Å²) in [5.41, 5.74) is 2.50. The second-order valence-electron chi connectivity index (χ2n) is 4.55. The zero-order chi connectivity index (χ0) is 12.4. The van der Waals surface area contributed by atoms with Gasteiger partial charge < -0.3 is 0 Å². The van der Waals surface area contributed by atoms with Gasteiger partial charge in [-0.05, 0) is 0 Å². The van der Waals surface area contributed by atoms with Crippen LogP contribution in [0.1, 0.15) is 0 Å². The molecule has 90 valence electrons. The molecule has 0 atom stereocenters. The van der Waals surface area contributed by atoms with Gasteiger partial charge in [0.2, 0.25) is 0 Å². The summed E-state index contributed by atoms with van der Waals surface area (Å²) in [5, 5.41) is 1.33. The monoisotopic (exact) mass is 328 g/mol. The van der Waals surface area contributed by atoms with Gasteiger partial charge in [0.05, 0.1) is 0 Å². The van der Waals surface area contributed by atoms with E-state index in [-0.39, 0.29) is 0 Å². The molecule has 0 fully saturated rings. The number of hydrogen-bond acceptors (Lipinski definition) is 2. The van der Waals surface area contributed by atoms with Gasteiger partial charge >= 0.3 is 118 Å². The first kappa shape index (κ1) is 10.2. The number of hydrogen-bond donors (Lipinski definition) is 0. The van der Waals surface area contributed by atoms with Gasteiger partial charge in [-0.15, -0.1) is 0 Å². The molecule has 0 saturated heterocycles. The number of aromatic nitrogens is 2. The normalized spacial score (nSPS) is 12.2. The van der Waals surface area contributed by atoms with Crippen LogP contribution in [0.2, 0.25) is 0 Å². The number of thiazole rings is 1. The van der Waals surface area contributed by atoms with Crippen molar-refractivity contribution in [1.82, 2.24) is 9.38 Å². The number of benzene rings is 2. The summed E-state index contributed by atoms with van der Waals surface area (Å²) in [6, 6.07) is 17.2. The fraction of sp³-hybridized carbons (Fsp3) is 0. The molecule has 0 radical (unpaired) electrons. The number of rotatable bonds is 0. The van der Waals surface area contributed by atoms with Crippen molar-refractivity contribution < 1.29 is 0 Å². The Balaban J connectivity index is 2.12. The summed E-state index contributed by atoms with van der Waals surface area (Å²) in [5.74, 6) is 0. The van der Waals surface area contributed by atoms with Gasteiger partial charge in [-0.3, -0.25) is 0 Å². The Bertz CT molecular complexity index is 1070. The molecule has 3 aromatic heterocycles. The van der Waals surface area contributed by atoms with E-state index in [4.69, 9.17) is 4.98 Å². The van der Waals surface area contributed by atoms with Crippen molar-refractivity contribution in [1.29, 1.82) is 0 Å². The summed E-state index contributed by atoms with van der Waals surface area (Å²) < 4.78 is 6.54. The van der Waals surface area contributed by atoms with Crippen LogP contribution in [0.15, 0.2) is 48.5 Å². The van der Waals surface area contributed by atoms with Crippen molar-refractivity contribution in [2.45, 2.75) is 0 Å². The summed E-state index contributed by atoms with van der Waals surface area (Å²) in [6.45, 7) is 0. The minimum absolute atomic E-state index is 0.370. The molecule has 4 heteroatoms. The standard InChI is InChI=1S/C15H8N2SSe/c1-4-8-12-9(5-1)13-14(19-12)17-10-6-2-3-7-11(10)18-15(17)16-13/h1-8H. The van der Waals surface area contributed by atoms with Crippen molar-refractivity contribution in [3.8, 4) is 0 Å². The molecule has 0 spiro atoms. The topological polar surface area (TPSA) is 17.3 Å². The van der Waals surface area contributed by atoms with E-state index in [2.05, 4.69) is 52.9 Å². The van der Waals surface area contributed by atoms with E-state index >= 15 is 0 Å². The first-order valence-corrected chi connectivity index (χ1v) is 8.62. The van der Waals surface area contributed by atoms with E-state index in [0.29, 0.717) is 14.5 Å². The third kappa shape index (κ3) is 1.24. The Morgan fingerprint density at radius 2 is 1.84 bits per heavy atom. The first-order valence-electron chi connectivity index (χ1n) is 6.09. The van der Waals surface area contributed by atoms with Gasteiger partial charge in [0.1, 0.15) is 0 Å². The molecule has 0 aliphatic heterocycles. The van der Waals surface area contributed by atoms with E-state index in [1.807, 2.05) is 0 Å². The molecule has 2 aromatic carbocycles. The molecule has 5 aromatic rings. The van der Waals surface area contributed by atoms with Crippen LogP contribution in [0.4, 0.5) is 0 Å². The van der Waals surface area contributed by atoms with E-state index in [9.17, 15) is 0 Å². The van der Waals surface area contributed by atoms with Crippen LogP contribution < -0.4 is 0 Å². The predicted molar refractivity (Wildman–Crippen MR) is 82.5 cm³/mol. The predicted octanol–water partition coefficient (Wildman–Crippen LogP) is 3.91. The average Bonchev–Trinajstić information content (AvgIpc) is 3.05. The van der Waals surface area contributed by atoms with Gasteiger partial charge in [-0.1, -0.05) is 0 Å². The molecule has 0 N–H and O–H groups in total. The van der Waals surface area contributed by atoms with Crippen LogP contribution in [-0.4, -0.2) is 23.9 Å². The SMILES string of the molecule is c1ccc2c(c1)sc1nc3c4ccccc4[se]c3n12. The van der Waals surface area contributed by atoms with Gasteiger partial charge in [0.25, 0.3) is 0 Å². The number of fused-ring (bicyclic) bond motifs is 7. The summed E-state index contributed by atoms with van der Waals surface area (Å²) in [4.78, 5) is 6.00. The van der Waals surface area contributed by atoms with Crippen LogP contribution >= 0.6 is 11.3 Å². The molecule has 0 saturated carbocycles. The molecular formula is C15H8N2SSe. The number of nitrogens with zero attached hydrogens (tertiary/aromatic N) is 2. The van der Waals surface area contributed by atoms with E-state index < -0.39 is 0 Å². The Kier molecular flexibility index (Phi) is 1.87. The Morgan fingerprint density at radius 1 is 1.00 bits per heavy atom. The van der Waals surface area contributed by atoms with Crippen molar-refractivity contribution in [3.05, 3.63) is 48.5 Å². The van der Waals surface area contributed by atoms with Crippen LogP contribution in [0.5, 0.6) is 0 Å². The van der Waals surface area contributed by atoms with E-state index in [1.165, 1.54) is 29.8 Å². The van der Waals surface area contributed by atoms with Crippen molar-refractivity contribution in [2.24, 2.45) is 0 Å². The molecule has 0 bridgehead atoms. The fourth-order valence-corrected chi connectivity index (χ4v) is 6.20. The van der Waals surface area contributed by atoms with E-state index in [0.717, 1.165) is 4.96 Å². The summed E-state index contributed by atoms with van der Waals surface area (Å²) in [7, 11) is 0. The Morgan fingerprint density at radius 3 is 2.84 bits per heavy atom. The van der Waals surface area contributed by atoms with Crippen LogP contribution in [0.25, 0.3) is 34.7 Å². The van der Waals surface area contributed by atoms with Gasteiger partial charge in [0, 0.05) is 0 Å². The molecule has 0 aliphatic carbocycles. The average molecular weight is 327 g/mol. The van der Waals surface area contributed by atoms with Crippen LogP contribution in [-0.2, 0) is 0 Å². The zero-order valence-corrected chi connectivity index (χ0v) is 12.4. The van der Waals surface area contributed by atoms with Crippen molar-refractivity contribution >= 4 is 60.6 Å². The van der Waals surface area contributed by atoms with Crippen molar-refractivity contribution in [2.75, 3.05) is 0 Å². The molecule has 19 heavy (non-hydrogen) atoms. The molecule has 0 aliphatic rings. The quantitative estimate of drug-likeness (QED) is 0.394. The van der Waals surface area contributed by atoms with Crippen molar-refractivity contribution in [3.63, 3.8) is 0 Å². The van der Waals surface area contributed by atoms with E-state index in [1.54, 1.807) is 11.3 Å². The number of imidazole rings is 1. The van der Waals surface area contributed by atoms with Gasteiger partial charge in [-0.25, -0.2) is 0 Å². The molecule has 0 unspecified atom stereocenters. The Hall–Kier alpha value is -1.61. The maximum atomic E-state index is 4.87. The Labute approximate surface area is 118 Å². The second kappa shape index (κ2) is 3.48. The summed E-state index contributed by atoms with van der Waals surface area (Å²) >= 11 is 2.15. The van der Waals surface area contributed by atoms with Gasteiger partial charge in [0.15, 0.2) is 0 Å². The fourth-order valence-electron chi connectivity index (χ4n) is 2.62. The third-order valence-electron chi connectivity index (χ3n) is 3.46. The minimum atomic E-state index is 0.370. The van der Waals surface area contributed by atoms with Gasteiger partial charge in [-0.2, -0.15) is 0 Å². The van der Waals surface area contributed by atoms with Crippen LogP contribution in [0.3, 0.4) is 0 Å². The van der Waals surface area contributed by atoms with Crippen LogP contribution in [0, 0.1) is 0 Å².